The maximum absolute atomic E-state index is 12.9. The average molecular weight is 340 g/mol. The Morgan fingerprint density at radius 3 is 2.67 bits per heavy atom. The zero-order valence-corrected chi connectivity index (χ0v) is 12.3. The highest BCUT2D eigenvalue weighted by molar-refractivity contribution is 9.10. The van der Waals surface area contributed by atoms with Crippen LogP contribution in [-0.4, -0.2) is 26.2 Å². The minimum atomic E-state index is -3.72. The van der Waals surface area contributed by atoms with E-state index in [0.717, 1.165) is 12.1 Å². The second-order valence-electron chi connectivity index (χ2n) is 3.81. The van der Waals surface area contributed by atoms with Crippen LogP contribution in [0.1, 0.15) is 19.8 Å². The van der Waals surface area contributed by atoms with E-state index in [9.17, 15) is 12.8 Å². The largest absolute Gasteiger partial charge is 0.396 e. The molecule has 0 aliphatic rings. The van der Waals surface area contributed by atoms with Crippen molar-refractivity contribution in [3.63, 3.8) is 0 Å². The fraction of sp³-hybridized carbons (Fsp3) is 0.455. The number of benzene rings is 1. The van der Waals surface area contributed by atoms with E-state index in [2.05, 4.69) is 20.7 Å². The smallest absolute Gasteiger partial charge is 0.241 e. The third-order valence-electron chi connectivity index (χ3n) is 2.48. The lowest BCUT2D eigenvalue weighted by Gasteiger charge is -2.16. The van der Waals surface area contributed by atoms with Gasteiger partial charge in [-0.2, -0.15) is 0 Å². The van der Waals surface area contributed by atoms with Crippen LogP contribution in [0.4, 0.5) is 4.39 Å². The summed E-state index contributed by atoms with van der Waals surface area (Å²) in [5.74, 6) is -0.511. The summed E-state index contributed by atoms with van der Waals surface area (Å²) in [4.78, 5) is -0.0136. The molecule has 18 heavy (non-hydrogen) atoms. The Morgan fingerprint density at radius 2 is 2.17 bits per heavy atom. The summed E-state index contributed by atoms with van der Waals surface area (Å²) in [6.07, 6.45) is 0.910. The Hall–Kier alpha value is -0.500. The lowest BCUT2D eigenvalue weighted by molar-refractivity contribution is 0.270. The molecule has 0 heterocycles. The zero-order chi connectivity index (χ0) is 13.8. The molecular formula is C11H15BrFNO3S. The molecule has 2 N–H and O–H groups in total. The minimum absolute atomic E-state index is 0.0136. The zero-order valence-electron chi connectivity index (χ0n) is 9.86. The lowest BCUT2D eigenvalue weighted by atomic mass is 10.2. The van der Waals surface area contributed by atoms with Crippen LogP contribution in [0.3, 0.4) is 0 Å². The number of hydrogen-bond donors (Lipinski definition) is 2. The van der Waals surface area contributed by atoms with E-state index >= 15 is 0 Å². The van der Waals surface area contributed by atoms with Crippen molar-refractivity contribution in [3.05, 3.63) is 28.5 Å². The Balaban J connectivity index is 2.99. The van der Waals surface area contributed by atoms with Crippen LogP contribution in [0.25, 0.3) is 0 Å². The van der Waals surface area contributed by atoms with E-state index in [1.54, 1.807) is 0 Å². The van der Waals surface area contributed by atoms with Crippen molar-refractivity contribution in [2.75, 3.05) is 6.61 Å². The van der Waals surface area contributed by atoms with Crippen molar-refractivity contribution < 1.29 is 17.9 Å². The predicted octanol–water partition coefficient (Wildman–Crippen LogP) is 2.03. The Morgan fingerprint density at radius 1 is 1.50 bits per heavy atom. The molecule has 0 fully saturated rings. The molecule has 1 rings (SSSR count). The number of nitrogens with one attached hydrogen (secondary N) is 1. The van der Waals surface area contributed by atoms with Gasteiger partial charge in [-0.25, -0.2) is 17.5 Å². The fourth-order valence-corrected chi connectivity index (χ4v) is 3.88. The van der Waals surface area contributed by atoms with Crippen molar-refractivity contribution in [2.24, 2.45) is 0 Å². The van der Waals surface area contributed by atoms with Crippen molar-refractivity contribution in [3.8, 4) is 0 Å². The summed E-state index contributed by atoms with van der Waals surface area (Å²) in [6, 6.07) is 3.05. The molecule has 0 spiro atoms. The highest BCUT2D eigenvalue weighted by atomic mass is 79.9. The Bertz CT molecular complexity index is 507. The molecule has 0 aliphatic heterocycles. The van der Waals surface area contributed by atoms with E-state index in [1.165, 1.54) is 6.07 Å². The van der Waals surface area contributed by atoms with E-state index in [0.29, 0.717) is 12.8 Å². The van der Waals surface area contributed by atoms with Crippen molar-refractivity contribution in [2.45, 2.75) is 30.7 Å². The molecular weight excluding hydrogens is 325 g/mol. The van der Waals surface area contributed by atoms with Gasteiger partial charge in [0.05, 0.1) is 4.90 Å². The van der Waals surface area contributed by atoms with Gasteiger partial charge in [0, 0.05) is 17.1 Å². The molecule has 0 radical (unpaired) electrons. The number of sulfonamides is 1. The predicted molar refractivity (Wildman–Crippen MR) is 70.2 cm³/mol. The number of hydrogen-bond acceptors (Lipinski definition) is 3. The van der Waals surface area contributed by atoms with E-state index in [1.807, 2.05) is 6.92 Å². The van der Waals surface area contributed by atoms with E-state index in [-0.39, 0.29) is 22.0 Å². The van der Waals surface area contributed by atoms with E-state index in [4.69, 9.17) is 5.11 Å². The van der Waals surface area contributed by atoms with Crippen LogP contribution >= 0.6 is 15.9 Å². The summed E-state index contributed by atoms with van der Waals surface area (Å²) in [5, 5.41) is 8.83. The van der Waals surface area contributed by atoms with Gasteiger partial charge in [0.1, 0.15) is 5.82 Å². The summed E-state index contributed by atoms with van der Waals surface area (Å²) in [7, 11) is -3.72. The molecule has 1 atom stereocenters. The average Bonchev–Trinajstić information content (AvgIpc) is 2.27. The Labute approximate surface area is 114 Å². The van der Waals surface area contributed by atoms with Crippen LogP contribution in [0.5, 0.6) is 0 Å². The monoisotopic (exact) mass is 339 g/mol. The van der Waals surface area contributed by atoms with Gasteiger partial charge < -0.3 is 5.11 Å². The fourth-order valence-electron chi connectivity index (χ4n) is 1.48. The molecule has 0 saturated carbocycles. The molecule has 1 unspecified atom stereocenters. The van der Waals surface area contributed by atoms with Crippen LogP contribution in [-0.2, 0) is 10.0 Å². The van der Waals surface area contributed by atoms with Crippen LogP contribution in [0, 0.1) is 5.82 Å². The summed E-state index contributed by atoms with van der Waals surface area (Å²) in [5.41, 5.74) is 0. The van der Waals surface area contributed by atoms with Crippen LogP contribution in [0.2, 0.25) is 0 Å². The molecule has 0 aromatic heterocycles. The van der Waals surface area contributed by atoms with Gasteiger partial charge in [-0.15, -0.1) is 0 Å². The van der Waals surface area contributed by atoms with Gasteiger partial charge in [0.2, 0.25) is 10.0 Å². The van der Waals surface area contributed by atoms with Crippen molar-refractivity contribution >= 4 is 26.0 Å². The van der Waals surface area contributed by atoms with Gasteiger partial charge in [-0.3, -0.25) is 0 Å². The number of aliphatic hydroxyl groups is 1. The molecule has 0 saturated heterocycles. The van der Waals surface area contributed by atoms with Gasteiger partial charge in [-0.1, -0.05) is 6.92 Å². The first-order valence-corrected chi connectivity index (χ1v) is 7.76. The highest BCUT2D eigenvalue weighted by Gasteiger charge is 2.21. The lowest BCUT2D eigenvalue weighted by Crippen LogP contribution is -2.35. The number of aliphatic hydroxyl groups excluding tert-OH is 1. The molecule has 0 aliphatic carbocycles. The summed E-state index contributed by atoms with van der Waals surface area (Å²) < 4.78 is 39.7. The standard InChI is InChI=1S/C11H15BrFNO3S/c1-2-9(5-6-15)14-18(16,17)11-4-3-8(13)7-10(11)12/h3-4,7,9,14-15H,2,5-6H2,1H3. The molecule has 1 aromatic carbocycles. The SMILES string of the molecule is CCC(CCO)NS(=O)(=O)c1ccc(F)cc1Br. The summed E-state index contributed by atoms with van der Waals surface area (Å²) in [6.45, 7) is 1.73. The van der Waals surface area contributed by atoms with Crippen molar-refractivity contribution in [1.82, 2.24) is 4.72 Å². The van der Waals surface area contributed by atoms with Crippen molar-refractivity contribution in [1.29, 1.82) is 0 Å². The topological polar surface area (TPSA) is 66.4 Å². The molecule has 1 aromatic rings. The molecule has 4 nitrogen and oxygen atoms in total. The third-order valence-corrected chi connectivity index (χ3v) is 4.97. The van der Waals surface area contributed by atoms with Gasteiger partial charge in [0.25, 0.3) is 0 Å². The molecule has 0 amide bonds. The number of halogens is 2. The maximum atomic E-state index is 12.9. The summed E-state index contributed by atoms with van der Waals surface area (Å²) >= 11 is 3.03. The van der Waals surface area contributed by atoms with E-state index < -0.39 is 15.8 Å². The first kappa shape index (κ1) is 15.6. The minimum Gasteiger partial charge on any atom is -0.396 e. The molecule has 0 bridgehead atoms. The van der Waals surface area contributed by atoms with Gasteiger partial charge in [-0.05, 0) is 47.0 Å². The van der Waals surface area contributed by atoms with Crippen LogP contribution in [0.15, 0.2) is 27.6 Å². The third kappa shape index (κ3) is 4.01. The maximum Gasteiger partial charge on any atom is 0.241 e. The first-order valence-electron chi connectivity index (χ1n) is 5.49. The molecule has 7 heteroatoms. The normalized spacial score (nSPS) is 13.6. The quantitative estimate of drug-likeness (QED) is 0.833. The first-order chi connectivity index (χ1) is 8.40. The molecule has 102 valence electrons. The Kier molecular flexibility index (Phi) is 5.71. The number of rotatable bonds is 6. The van der Waals surface area contributed by atoms with Gasteiger partial charge in [0.15, 0.2) is 0 Å². The van der Waals surface area contributed by atoms with Gasteiger partial charge >= 0.3 is 0 Å². The van der Waals surface area contributed by atoms with Crippen LogP contribution < -0.4 is 4.72 Å². The second-order valence-corrected chi connectivity index (χ2v) is 6.35. The highest BCUT2D eigenvalue weighted by Crippen LogP contribution is 2.23. The second kappa shape index (κ2) is 6.60.